The van der Waals surface area contributed by atoms with Crippen molar-refractivity contribution >= 4 is 5.91 Å². The number of carbonyl (C=O) groups excluding carboxylic acids is 1. The monoisotopic (exact) mass is 261 g/mol. The molecule has 104 valence electrons. The molecule has 1 heterocycles. The molecular formula is C16H23NO2. The van der Waals surface area contributed by atoms with Crippen molar-refractivity contribution < 1.29 is 9.53 Å². The molecule has 0 aromatic heterocycles. The molecule has 1 N–H and O–H groups in total. The van der Waals surface area contributed by atoms with Gasteiger partial charge in [-0.15, -0.1) is 0 Å². The van der Waals surface area contributed by atoms with Crippen LogP contribution in [0.25, 0.3) is 0 Å². The Morgan fingerprint density at radius 2 is 2.26 bits per heavy atom. The van der Waals surface area contributed by atoms with E-state index in [1.54, 1.807) is 0 Å². The van der Waals surface area contributed by atoms with E-state index in [2.05, 4.69) is 25.2 Å². The quantitative estimate of drug-likeness (QED) is 0.826. The van der Waals surface area contributed by atoms with E-state index in [1.807, 2.05) is 12.1 Å². The van der Waals surface area contributed by atoms with Crippen LogP contribution in [0.2, 0.25) is 0 Å². The van der Waals surface area contributed by atoms with Gasteiger partial charge < -0.3 is 10.1 Å². The van der Waals surface area contributed by atoms with Crippen molar-refractivity contribution in [3.63, 3.8) is 0 Å². The number of carbonyl (C=O) groups is 1. The number of rotatable bonds is 5. The molecule has 2 rings (SSSR count). The summed E-state index contributed by atoms with van der Waals surface area (Å²) in [5.41, 5.74) is 1.83. The van der Waals surface area contributed by atoms with E-state index in [0.717, 1.165) is 50.0 Å². The van der Waals surface area contributed by atoms with Gasteiger partial charge >= 0.3 is 0 Å². The fourth-order valence-corrected chi connectivity index (χ4v) is 2.39. The van der Waals surface area contributed by atoms with Crippen molar-refractivity contribution in [1.82, 2.24) is 5.32 Å². The molecule has 0 fully saturated rings. The second kappa shape index (κ2) is 6.60. The summed E-state index contributed by atoms with van der Waals surface area (Å²) in [6, 6.07) is 5.85. The van der Waals surface area contributed by atoms with Crippen molar-refractivity contribution in [3.8, 4) is 5.75 Å². The van der Waals surface area contributed by atoms with Crippen molar-refractivity contribution in [2.45, 2.75) is 52.1 Å². The molecule has 0 saturated carbocycles. The van der Waals surface area contributed by atoms with Gasteiger partial charge in [-0.05, 0) is 37.8 Å². The summed E-state index contributed by atoms with van der Waals surface area (Å²) in [6.07, 6.45) is 5.57. The molecule has 1 aliphatic heterocycles. The molecule has 0 aliphatic carbocycles. The maximum Gasteiger partial charge on any atom is 0.255 e. The zero-order chi connectivity index (χ0) is 13.7. The molecule has 0 bridgehead atoms. The third-order valence-electron chi connectivity index (χ3n) is 3.55. The molecular weight excluding hydrogens is 238 g/mol. The van der Waals surface area contributed by atoms with Crippen molar-refractivity contribution in [2.24, 2.45) is 0 Å². The Balaban J connectivity index is 2.05. The number of ether oxygens (including phenoxy) is 1. The molecule has 0 saturated heterocycles. The number of benzene rings is 1. The Labute approximate surface area is 115 Å². The molecule has 19 heavy (non-hydrogen) atoms. The van der Waals surface area contributed by atoms with E-state index < -0.39 is 0 Å². The van der Waals surface area contributed by atoms with E-state index in [1.165, 1.54) is 0 Å². The Hall–Kier alpha value is -1.51. The van der Waals surface area contributed by atoms with Crippen molar-refractivity contribution in [1.29, 1.82) is 0 Å². The summed E-state index contributed by atoms with van der Waals surface area (Å²) < 4.78 is 5.85. The maximum atomic E-state index is 12.2. The minimum atomic E-state index is -0.0120. The standard InChI is InChI=1S/C16H23NO2/c1-3-4-5-11-17-16(18)14-8-6-7-13-10-9-12(2)19-15(13)14/h6-8,12H,3-5,9-11H2,1-2H3,(H,17,18). The van der Waals surface area contributed by atoms with E-state index >= 15 is 0 Å². The normalized spacial score (nSPS) is 17.5. The minimum Gasteiger partial charge on any atom is -0.490 e. The summed E-state index contributed by atoms with van der Waals surface area (Å²) in [4.78, 5) is 12.2. The zero-order valence-electron chi connectivity index (χ0n) is 11.9. The zero-order valence-corrected chi connectivity index (χ0v) is 11.9. The lowest BCUT2D eigenvalue weighted by Gasteiger charge is -2.25. The molecule has 1 aromatic carbocycles. The van der Waals surface area contributed by atoms with E-state index in [0.29, 0.717) is 5.56 Å². The molecule has 1 aliphatic rings. The first-order valence-electron chi connectivity index (χ1n) is 7.29. The number of amides is 1. The average Bonchev–Trinajstić information content (AvgIpc) is 2.42. The van der Waals surface area contributed by atoms with Gasteiger partial charge in [-0.25, -0.2) is 0 Å². The summed E-state index contributed by atoms with van der Waals surface area (Å²) in [5.74, 6) is 0.774. The fraction of sp³-hybridized carbons (Fsp3) is 0.562. The summed E-state index contributed by atoms with van der Waals surface area (Å²) in [5, 5.41) is 2.98. The second-order valence-electron chi connectivity index (χ2n) is 5.22. The number of para-hydroxylation sites is 1. The van der Waals surface area contributed by atoms with E-state index in [9.17, 15) is 4.79 Å². The lowest BCUT2D eigenvalue weighted by molar-refractivity contribution is 0.0943. The van der Waals surface area contributed by atoms with Gasteiger partial charge in [0.2, 0.25) is 0 Å². The third kappa shape index (κ3) is 3.49. The van der Waals surface area contributed by atoms with Gasteiger partial charge in [-0.3, -0.25) is 4.79 Å². The predicted molar refractivity (Wildman–Crippen MR) is 76.7 cm³/mol. The van der Waals surface area contributed by atoms with Crippen LogP contribution in [0.3, 0.4) is 0 Å². The van der Waals surface area contributed by atoms with Crippen LogP contribution in [-0.4, -0.2) is 18.6 Å². The first-order valence-corrected chi connectivity index (χ1v) is 7.29. The lowest BCUT2D eigenvalue weighted by atomic mass is 9.99. The van der Waals surface area contributed by atoms with E-state index in [4.69, 9.17) is 4.74 Å². The highest BCUT2D eigenvalue weighted by atomic mass is 16.5. The second-order valence-corrected chi connectivity index (χ2v) is 5.22. The number of hydrogen-bond acceptors (Lipinski definition) is 2. The Morgan fingerprint density at radius 3 is 3.05 bits per heavy atom. The van der Waals surface area contributed by atoms with Crippen LogP contribution in [0.1, 0.15) is 55.5 Å². The van der Waals surface area contributed by atoms with Crippen LogP contribution in [0, 0.1) is 0 Å². The molecule has 1 atom stereocenters. The smallest absolute Gasteiger partial charge is 0.255 e. The first kappa shape index (κ1) is 13.9. The van der Waals surface area contributed by atoms with Crippen molar-refractivity contribution in [2.75, 3.05) is 6.54 Å². The molecule has 1 unspecified atom stereocenters. The minimum absolute atomic E-state index is 0.0120. The molecule has 3 nitrogen and oxygen atoms in total. The van der Waals surface area contributed by atoms with Gasteiger partial charge in [0.1, 0.15) is 5.75 Å². The van der Waals surface area contributed by atoms with Crippen LogP contribution in [0.4, 0.5) is 0 Å². The number of aryl methyl sites for hydroxylation is 1. The predicted octanol–water partition coefficient (Wildman–Crippen LogP) is 3.32. The number of fused-ring (bicyclic) bond motifs is 1. The molecule has 1 amide bonds. The molecule has 3 heteroatoms. The Morgan fingerprint density at radius 1 is 1.42 bits per heavy atom. The third-order valence-corrected chi connectivity index (χ3v) is 3.55. The van der Waals surface area contributed by atoms with Crippen LogP contribution in [-0.2, 0) is 6.42 Å². The topological polar surface area (TPSA) is 38.3 Å². The van der Waals surface area contributed by atoms with Crippen LogP contribution >= 0.6 is 0 Å². The van der Waals surface area contributed by atoms with Gasteiger partial charge in [0.15, 0.2) is 0 Å². The lowest BCUT2D eigenvalue weighted by Crippen LogP contribution is -2.27. The molecule has 0 spiro atoms. The Bertz CT molecular complexity index is 442. The highest BCUT2D eigenvalue weighted by Gasteiger charge is 2.22. The fourth-order valence-electron chi connectivity index (χ4n) is 2.39. The Kier molecular flexibility index (Phi) is 4.83. The summed E-state index contributed by atoms with van der Waals surface area (Å²) >= 11 is 0. The SMILES string of the molecule is CCCCCNC(=O)c1cccc2c1OC(C)CC2. The van der Waals surface area contributed by atoms with Gasteiger partial charge in [-0.2, -0.15) is 0 Å². The van der Waals surface area contributed by atoms with Gasteiger partial charge in [-0.1, -0.05) is 31.9 Å². The van der Waals surface area contributed by atoms with Gasteiger partial charge in [0.25, 0.3) is 5.91 Å². The molecule has 1 aromatic rings. The largest absolute Gasteiger partial charge is 0.490 e. The van der Waals surface area contributed by atoms with Gasteiger partial charge in [0.05, 0.1) is 11.7 Å². The van der Waals surface area contributed by atoms with E-state index in [-0.39, 0.29) is 12.0 Å². The van der Waals surface area contributed by atoms with Crippen LogP contribution in [0.5, 0.6) is 5.75 Å². The molecule has 0 radical (unpaired) electrons. The average molecular weight is 261 g/mol. The maximum absolute atomic E-state index is 12.2. The van der Waals surface area contributed by atoms with Crippen molar-refractivity contribution in [3.05, 3.63) is 29.3 Å². The number of unbranched alkanes of at least 4 members (excludes halogenated alkanes) is 2. The summed E-state index contributed by atoms with van der Waals surface area (Å²) in [6.45, 7) is 4.95. The number of nitrogens with one attached hydrogen (secondary N) is 1. The highest BCUT2D eigenvalue weighted by molar-refractivity contribution is 5.97. The summed E-state index contributed by atoms with van der Waals surface area (Å²) in [7, 11) is 0. The number of hydrogen-bond donors (Lipinski definition) is 1. The van der Waals surface area contributed by atoms with Gasteiger partial charge in [0, 0.05) is 6.54 Å². The highest BCUT2D eigenvalue weighted by Crippen LogP contribution is 2.31. The van der Waals surface area contributed by atoms with Crippen LogP contribution < -0.4 is 10.1 Å². The van der Waals surface area contributed by atoms with Crippen LogP contribution in [0.15, 0.2) is 18.2 Å². The first-order chi connectivity index (χ1) is 9.22.